The van der Waals surface area contributed by atoms with E-state index in [1.165, 1.54) is 0 Å². The van der Waals surface area contributed by atoms with Crippen molar-refractivity contribution >= 4 is 0 Å². The smallest absolute Gasteiger partial charge is 0.160 e. The van der Waals surface area contributed by atoms with Crippen LogP contribution in [-0.2, 0) is 23.7 Å². The second kappa shape index (κ2) is 5.77. The van der Waals surface area contributed by atoms with Crippen molar-refractivity contribution in [2.75, 3.05) is 33.0 Å². The van der Waals surface area contributed by atoms with Crippen LogP contribution < -0.4 is 0 Å². The zero-order valence-electron chi connectivity index (χ0n) is 9.02. The van der Waals surface area contributed by atoms with Crippen molar-refractivity contribution in [1.82, 2.24) is 0 Å². The van der Waals surface area contributed by atoms with E-state index in [0.29, 0.717) is 26.4 Å². The van der Waals surface area contributed by atoms with Crippen LogP contribution in [0.5, 0.6) is 0 Å². The molecule has 88 valence electrons. The molecule has 2 rings (SSSR count). The first-order chi connectivity index (χ1) is 7.34. The van der Waals surface area contributed by atoms with Gasteiger partial charge < -0.3 is 23.7 Å². The van der Waals surface area contributed by atoms with Gasteiger partial charge in [0, 0.05) is 6.42 Å². The molecule has 0 radical (unpaired) electrons. The third-order valence-corrected chi connectivity index (χ3v) is 2.32. The monoisotopic (exact) mass is 218 g/mol. The van der Waals surface area contributed by atoms with Crippen LogP contribution >= 0.6 is 0 Å². The van der Waals surface area contributed by atoms with E-state index >= 15 is 0 Å². The summed E-state index contributed by atoms with van der Waals surface area (Å²) in [6, 6.07) is 0. The maximum Gasteiger partial charge on any atom is 0.160 e. The summed E-state index contributed by atoms with van der Waals surface area (Å²) in [4.78, 5) is 0. The quantitative estimate of drug-likeness (QED) is 0.461. The van der Waals surface area contributed by atoms with Gasteiger partial charge >= 0.3 is 0 Å². The molecule has 0 spiro atoms. The fraction of sp³-hybridized carbons (Fsp3) is 1.00. The maximum atomic E-state index is 5.44. The van der Waals surface area contributed by atoms with E-state index in [1.54, 1.807) is 0 Å². The molecule has 2 heterocycles. The normalized spacial score (nSPS) is 28.2. The largest absolute Gasteiger partial charge is 0.371 e. The molecular weight excluding hydrogens is 200 g/mol. The first kappa shape index (κ1) is 11.3. The van der Waals surface area contributed by atoms with E-state index in [-0.39, 0.29) is 18.7 Å². The summed E-state index contributed by atoms with van der Waals surface area (Å²) >= 11 is 0. The highest BCUT2D eigenvalue weighted by Gasteiger charge is 2.23. The van der Waals surface area contributed by atoms with Crippen molar-refractivity contribution in [2.24, 2.45) is 0 Å². The first-order valence-corrected chi connectivity index (χ1v) is 5.42. The van der Waals surface area contributed by atoms with E-state index in [1.807, 2.05) is 6.92 Å². The average Bonchev–Trinajstić information content (AvgIpc) is 2.92. The van der Waals surface area contributed by atoms with Gasteiger partial charge in [-0.3, -0.25) is 0 Å². The third kappa shape index (κ3) is 4.44. The molecule has 0 amide bonds. The van der Waals surface area contributed by atoms with Crippen LogP contribution in [0.2, 0.25) is 0 Å². The minimum atomic E-state index is -0.185. The Morgan fingerprint density at radius 2 is 1.93 bits per heavy atom. The number of hydrogen-bond acceptors (Lipinski definition) is 5. The SMILES string of the molecule is CC(OCCC1OCCO1)OCC1CO1. The predicted octanol–water partition coefficient (Wildman–Crippen LogP) is 0.527. The van der Waals surface area contributed by atoms with Gasteiger partial charge in [-0.05, 0) is 6.92 Å². The van der Waals surface area contributed by atoms with E-state index < -0.39 is 0 Å². The summed E-state index contributed by atoms with van der Waals surface area (Å²) < 4.78 is 26.4. The fourth-order valence-electron chi connectivity index (χ4n) is 1.36. The average molecular weight is 218 g/mol. The van der Waals surface area contributed by atoms with Gasteiger partial charge in [-0.15, -0.1) is 0 Å². The van der Waals surface area contributed by atoms with Gasteiger partial charge in [0.1, 0.15) is 6.10 Å². The lowest BCUT2D eigenvalue weighted by atomic mass is 10.4. The van der Waals surface area contributed by atoms with E-state index in [2.05, 4.69) is 0 Å². The van der Waals surface area contributed by atoms with Crippen LogP contribution in [0, 0.1) is 0 Å². The summed E-state index contributed by atoms with van der Waals surface area (Å²) in [6.45, 7) is 5.30. The van der Waals surface area contributed by atoms with Gasteiger partial charge in [-0.25, -0.2) is 0 Å². The highest BCUT2D eigenvalue weighted by Crippen LogP contribution is 2.11. The molecule has 2 unspecified atom stereocenters. The summed E-state index contributed by atoms with van der Waals surface area (Å²) in [7, 11) is 0. The molecule has 2 aliphatic heterocycles. The zero-order chi connectivity index (χ0) is 10.5. The molecule has 0 aliphatic carbocycles. The molecule has 5 nitrogen and oxygen atoms in total. The minimum Gasteiger partial charge on any atom is -0.371 e. The highest BCUT2D eigenvalue weighted by atomic mass is 16.7. The molecule has 2 fully saturated rings. The molecule has 0 saturated carbocycles. The van der Waals surface area contributed by atoms with Crippen molar-refractivity contribution in [3.05, 3.63) is 0 Å². The number of rotatable bonds is 7. The van der Waals surface area contributed by atoms with E-state index in [9.17, 15) is 0 Å². The van der Waals surface area contributed by atoms with Gasteiger partial charge in [0.05, 0.1) is 33.0 Å². The maximum absolute atomic E-state index is 5.44. The lowest BCUT2D eigenvalue weighted by Crippen LogP contribution is -2.19. The third-order valence-electron chi connectivity index (χ3n) is 2.32. The second-order valence-electron chi connectivity index (χ2n) is 3.69. The second-order valence-corrected chi connectivity index (χ2v) is 3.69. The Kier molecular flexibility index (Phi) is 4.34. The minimum absolute atomic E-state index is 0.0936. The van der Waals surface area contributed by atoms with Crippen molar-refractivity contribution in [2.45, 2.75) is 32.0 Å². The summed E-state index contributed by atoms with van der Waals surface area (Å²) in [5.41, 5.74) is 0. The van der Waals surface area contributed by atoms with Gasteiger partial charge in [0.2, 0.25) is 0 Å². The van der Waals surface area contributed by atoms with E-state index in [0.717, 1.165) is 13.0 Å². The molecule has 5 heteroatoms. The lowest BCUT2D eigenvalue weighted by molar-refractivity contribution is -0.147. The number of ether oxygens (including phenoxy) is 5. The molecular formula is C10H18O5. The Morgan fingerprint density at radius 3 is 2.60 bits per heavy atom. The van der Waals surface area contributed by atoms with Gasteiger partial charge in [-0.1, -0.05) is 0 Å². The lowest BCUT2D eigenvalue weighted by Gasteiger charge is -2.14. The van der Waals surface area contributed by atoms with Gasteiger partial charge in [0.15, 0.2) is 12.6 Å². The Morgan fingerprint density at radius 1 is 1.20 bits per heavy atom. The van der Waals surface area contributed by atoms with Crippen LogP contribution in [0.4, 0.5) is 0 Å². The molecule has 0 aromatic rings. The van der Waals surface area contributed by atoms with Crippen molar-refractivity contribution < 1.29 is 23.7 Å². The van der Waals surface area contributed by atoms with Crippen LogP contribution in [-0.4, -0.2) is 51.7 Å². The molecule has 0 aromatic heterocycles. The van der Waals surface area contributed by atoms with Crippen molar-refractivity contribution in [1.29, 1.82) is 0 Å². The van der Waals surface area contributed by atoms with Crippen LogP contribution in [0.1, 0.15) is 13.3 Å². The highest BCUT2D eigenvalue weighted by molar-refractivity contribution is 4.67. The summed E-state index contributed by atoms with van der Waals surface area (Å²) in [5.74, 6) is 0. The topological polar surface area (TPSA) is 49.5 Å². The van der Waals surface area contributed by atoms with Crippen molar-refractivity contribution in [3.63, 3.8) is 0 Å². The Labute approximate surface area is 89.6 Å². The van der Waals surface area contributed by atoms with Gasteiger partial charge in [0.25, 0.3) is 0 Å². The van der Waals surface area contributed by atoms with Crippen LogP contribution in [0.25, 0.3) is 0 Å². The zero-order valence-corrected chi connectivity index (χ0v) is 9.02. The Balaban J connectivity index is 1.44. The Hall–Kier alpha value is -0.200. The molecule has 0 bridgehead atoms. The predicted molar refractivity (Wildman–Crippen MR) is 51.4 cm³/mol. The van der Waals surface area contributed by atoms with Crippen molar-refractivity contribution in [3.8, 4) is 0 Å². The molecule has 2 aliphatic rings. The van der Waals surface area contributed by atoms with Crippen LogP contribution in [0.3, 0.4) is 0 Å². The molecule has 15 heavy (non-hydrogen) atoms. The van der Waals surface area contributed by atoms with Gasteiger partial charge in [-0.2, -0.15) is 0 Å². The summed E-state index contributed by atoms with van der Waals surface area (Å²) in [6.07, 6.45) is 0.769. The van der Waals surface area contributed by atoms with E-state index in [4.69, 9.17) is 23.7 Å². The molecule has 2 atom stereocenters. The molecule has 2 saturated heterocycles. The van der Waals surface area contributed by atoms with Crippen LogP contribution in [0.15, 0.2) is 0 Å². The molecule has 0 aromatic carbocycles. The number of epoxide rings is 1. The Bertz CT molecular complexity index is 177. The number of hydrogen-bond donors (Lipinski definition) is 0. The summed E-state index contributed by atoms with van der Waals surface area (Å²) in [5, 5.41) is 0. The first-order valence-electron chi connectivity index (χ1n) is 5.42. The fourth-order valence-corrected chi connectivity index (χ4v) is 1.36. The standard InChI is InChI=1S/C10H18O5/c1-8(14-6-9-7-15-9)11-3-2-10-12-4-5-13-10/h8-10H,2-7H2,1H3. The molecule has 0 N–H and O–H groups in total.